The molecule has 0 fully saturated rings. The van der Waals surface area contributed by atoms with Crippen LogP contribution >= 0.6 is 0 Å². The van der Waals surface area contributed by atoms with Crippen molar-refractivity contribution in [1.29, 1.82) is 0 Å². The Bertz CT molecular complexity index is 1010. The largest absolute Gasteiger partial charge is 0.355 e. The smallest absolute Gasteiger partial charge is 0.242 e. The van der Waals surface area contributed by atoms with Gasteiger partial charge in [0, 0.05) is 26.1 Å². The molecule has 0 unspecified atom stereocenters. The first-order valence-electron chi connectivity index (χ1n) is 11.3. The summed E-state index contributed by atoms with van der Waals surface area (Å²) >= 11 is 0. The van der Waals surface area contributed by atoms with Gasteiger partial charge in [-0.25, -0.2) is 8.42 Å². The summed E-state index contributed by atoms with van der Waals surface area (Å²) in [5, 5.41) is 2.77. The van der Waals surface area contributed by atoms with Gasteiger partial charge in [0.1, 0.15) is 6.04 Å². The average Bonchev–Trinajstić information content (AvgIpc) is 2.80. The molecule has 180 valence electrons. The molecule has 2 rings (SSSR count). The number of amides is 2. The van der Waals surface area contributed by atoms with Crippen LogP contribution in [0.4, 0.5) is 5.69 Å². The van der Waals surface area contributed by atoms with E-state index in [0.29, 0.717) is 25.2 Å². The van der Waals surface area contributed by atoms with Crippen molar-refractivity contribution in [2.75, 3.05) is 23.7 Å². The van der Waals surface area contributed by atoms with E-state index in [1.54, 1.807) is 24.0 Å². The number of sulfonamides is 1. The third-order valence-electron chi connectivity index (χ3n) is 5.50. The number of likely N-dealkylation sites (N-methyl/N-ethyl adjacent to an activating group) is 1. The van der Waals surface area contributed by atoms with E-state index in [1.165, 1.54) is 10.6 Å². The van der Waals surface area contributed by atoms with Crippen LogP contribution in [0.2, 0.25) is 0 Å². The quantitative estimate of drug-likeness (QED) is 0.512. The summed E-state index contributed by atoms with van der Waals surface area (Å²) in [6.45, 7) is 6.57. The first-order valence-corrected chi connectivity index (χ1v) is 13.2. The Labute approximate surface area is 197 Å². The molecule has 1 N–H and O–H groups in total. The SMILES string of the molecule is CCNC(=O)[C@H](C)N(Cc1ccccc1)C(=O)CCCN(c1ccc(CC)cc1)S(C)(=O)=O. The molecule has 0 saturated carbocycles. The van der Waals surface area contributed by atoms with Crippen LogP contribution in [0.1, 0.15) is 44.7 Å². The van der Waals surface area contributed by atoms with Crippen molar-refractivity contribution in [3.05, 3.63) is 65.7 Å². The van der Waals surface area contributed by atoms with Gasteiger partial charge in [-0.15, -0.1) is 0 Å². The van der Waals surface area contributed by atoms with Crippen LogP contribution in [-0.2, 0) is 32.6 Å². The third-order valence-corrected chi connectivity index (χ3v) is 6.69. The van der Waals surface area contributed by atoms with E-state index in [4.69, 9.17) is 0 Å². The summed E-state index contributed by atoms with van der Waals surface area (Å²) in [4.78, 5) is 27.1. The molecule has 8 heteroatoms. The molecule has 0 bridgehead atoms. The van der Waals surface area contributed by atoms with E-state index in [-0.39, 0.29) is 24.8 Å². The first kappa shape index (κ1) is 26.4. The highest BCUT2D eigenvalue weighted by Crippen LogP contribution is 2.20. The molecule has 0 radical (unpaired) electrons. The summed E-state index contributed by atoms with van der Waals surface area (Å²) < 4.78 is 26.1. The molecule has 1 atom stereocenters. The van der Waals surface area contributed by atoms with E-state index >= 15 is 0 Å². The van der Waals surface area contributed by atoms with Crippen molar-refractivity contribution in [2.24, 2.45) is 0 Å². The number of nitrogens with zero attached hydrogens (tertiary/aromatic N) is 2. The normalized spacial score (nSPS) is 12.1. The van der Waals surface area contributed by atoms with Gasteiger partial charge in [0.15, 0.2) is 0 Å². The van der Waals surface area contributed by atoms with Gasteiger partial charge >= 0.3 is 0 Å². The number of hydrogen-bond donors (Lipinski definition) is 1. The van der Waals surface area contributed by atoms with E-state index < -0.39 is 16.1 Å². The maximum absolute atomic E-state index is 13.1. The van der Waals surface area contributed by atoms with Crippen LogP contribution < -0.4 is 9.62 Å². The molecule has 2 amide bonds. The Hall–Kier alpha value is -2.87. The second-order valence-corrected chi connectivity index (χ2v) is 9.94. The number of nitrogens with one attached hydrogen (secondary N) is 1. The van der Waals surface area contributed by atoms with Gasteiger partial charge in [0.2, 0.25) is 21.8 Å². The zero-order valence-electron chi connectivity index (χ0n) is 20.0. The van der Waals surface area contributed by atoms with E-state index in [0.717, 1.165) is 17.5 Å². The molecule has 0 saturated heterocycles. The van der Waals surface area contributed by atoms with Crippen molar-refractivity contribution >= 4 is 27.5 Å². The van der Waals surface area contributed by atoms with Crippen molar-refractivity contribution in [1.82, 2.24) is 10.2 Å². The second-order valence-electron chi connectivity index (χ2n) is 8.04. The lowest BCUT2D eigenvalue weighted by atomic mass is 10.1. The van der Waals surface area contributed by atoms with Crippen molar-refractivity contribution in [3.8, 4) is 0 Å². The third kappa shape index (κ3) is 7.89. The maximum Gasteiger partial charge on any atom is 0.242 e. The summed E-state index contributed by atoms with van der Waals surface area (Å²) in [6.07, 6.45) is 2.51. The molecule has 0 spiro atoms. The lowest BCUT2D eigenvalue weighted by Gasteiger charge is -2.29. The average molecular weight is 474 g/mol. The summed E-state index contributed by atoms with van der Waals surface area (Å²) in [6, 6.07) is 16.3. The summed E-state index contributed by atoms with van der Waals surface area (Å²) in [5.41, 5.74) is 2.63. The maximum atomic E-state index is 13.1. The fourth-order valence-electron chi connectivity index (χ4n) is 3.59. The lowest BCUT2D eigenvalue weighted by Crippen LogP contribution is -2.47. The molecular weight excluding hydrogens is 438 g/mol. The molecule has 0 aromatic heterocycles. The lowest BCUT2D eigenvalue weighted by molar-refractivity contribution is -0.140. The molecule has 7 nitrogen and oxygen atoms in total. The molecule has 2 aromatic carbocycles. The molecule has 0 aliphatic carbocycles. The number of aryl methyl sites for hydroxylation is 1. The highest BCUT2D eigenvalue weighted by molar-refractivity contribution is 7.92. The van der Waals surface area contributed by atoms with E-state index in [2.05, 4.69) is 5.32 Å². The van der Waals surface area contributed by atoms with Gasteiger partial charge in [0.25, 0.3) is 0 Å². The number of anilines is 1. The molecule has 0 heterocycles. The van der Waals surface area contributed by atoms with Gasteiger partial charge in [-0.1, -0.05) is 49.4 Å². The van der Waals surface area contributed by atoms with Crippen LogP contribution in [0.3, 0.4) is 0 Å². The topological polar surface area (TPSA) is 86.8 Å². The van der Waals surface area contributed by atoms with E-state index in [1.807, 2.05) is 56.3 Å². The number of carbonyl (C=O) groups excluding carboxylic acids is 2. The first-order chi connectivity index (χ1) is 15.7. The Kier molecular flexibility index (Phi) is 9.91. The minimum absolute atomic E-state index is 0.135. The second kappa shape index (κ2) is 12.4. The Balaban J connectivity index is 2.12. The zero-order chi connectivity index (χ0) is 24.4. The fraction of sp³-hybridized carbons (Fsp3) is 0.440. The van der Waals surface area contributed by atoms with Crippen LogP contribution in [0.25, 0.3) is 0 Å². The zero-order valence-corrected chi connectivity index (χ0v) is 20.8. The molecule has 33 heavy (non-hydrogen) atoms. The van der Waals surface area contributed by atoms with Crippen molar-refractivity contribution in [3.63, 3.8) is 0 Å². The fourth-order valence-corrected chi connectivity index (χ4v) is 4.55. The monoisotopic (exact) mass is 473 g/mol. The minimum Gasteiger partial charge on any atom is -0.355 e. The summed E-state index contributed by atoms with van der Waals surface area (Å²) in [5.74, 6) is -0.400. The molecular formula is C25H35N3O4S. The number of rotatable bonds is 12. The van der Waals surface area contributed by atoms with E-state index in [9.17, 15) is 18.0 Å². The number of hydrogen-bond acceptors (Lipinski definition) is 4. The standard InChI is InChI=1S/C25H35N3O4S/c1-5-21-14-16-23(17-15-21)28(33(4,31)32)18-10-13-24(29)27(20(3)25(30)26-6-2)19-22-11-8-7-9-12-22/h7-9,11-12,14-17,20H,5-6,10,13,18-19H2,1-4H3,(H,26,30)/t20-/m0/s1. The molecule has 2 aromatic rings. The predicted octanol–water partition coefficient (Wildman–Crippen LogP) is 3.35. The Morgan fingerprint density at radius 1 is 0.970 bits per heavy atom. The van der Waals surface area contributed by atoms with Crippen LogP contribution in [-0.4, -0.2) is 50.5 Å². The van der Waals surface area contributed by atoms with Crippen molar-refractivity contribution in [2.45, 2.75) is 52.6 Å². The molecule has 0 aliphatic heterocycles. The van der Waals surface area contributed by atoms with Crippen LogP contribution in [0.5, 0.6) is 0 Å². The number of benzene rings is 2. The molecule has 0 aliphatic rings. The van der Waals surface area contributed by atoms with Crippen LogP contribution in [0.15, 0.2) is 54.6 Å². The van der Waals surface area contributed by atoms with Gasteiger partial charge in [-0.3, -0.25) is 13.9 Å². The minimum atomic E-state index is -3.50. The highest BCUT2D eigenvalue weighted by atomic mass is 32.2. The predicted molar refractivity (Wildman–Crippen MR) is 132 cm³/mol. The van der Waals surface area contributed by atoms with Gasteiger partial charge in [-0.05, 0) is 49.9 Å². The van der Waals surface area contributed by atoms with Crippen LogP contribution in [0, 0.1) is 0 Å². The Morgan fingerprint density at radius 3 is 2.15 bits per heavy atom. The highest BCUT2D eigenvalue weighted by Gasteiger charge is 2.26. The van der Waals surface area contributed by atoms with Gasteiger partial charge < -0.3 is 10.2 Å². The van der Waals surface area contributed by atoms with Gasteiger partial charge in [0.05, 0.1) is 11.9 Å². The van der Waals surface area contributed by atoms with Crippen molar-refractivity contribution < 1.29 is 18.0 Å². The number of carbonyl (C=O) groups is 2. The van der Waals surface area contributed by atoms with Gasteiger partial charge in [-0.2, -0.15) is 0 Å². The Morgan fingerprint density at radius 2 is 1.61 bits per heavy atom. The summed E-state index contributed by atoms with van der Waals surface area (Å²) in [7, 11) is -3.50.